The molecule has 1 saturated heterocycles. The van der Waals surface area contributed by atoms with E-state index >= 15 is 0 Å². The molecule has 1 fully saturated rings. The number of hydrogen-bond donors (Lipinski definition) is 1. The molecule has 0 spiro atoms. The third kappa shape index (κ3) is 3.78. The van der Waals surface area contributed by atoms with Gasteiger partial charge in [-0.25, -0.2) is 4.79 Å². The van der Waals surface area contributed by atoms with Crippen LogP contribution in [0.1, 0.15) is 33.1 Å². The van der Waals surface area contributed by atoms with E-state index in [0.717, 1.165) is 37.2 Å². The minimum Gasteiger partial charge on any atom is -0.336 e. The minimum atomic E-state index is -0.279. The van der Waals surface area contributed by atoms with E-state index in [-0.39, 0.29) is 11.6 Å². The van der Waals surface area contributed by atoms with Crippen molar-refractivity contribution in [3.63, 3.8) is 0 Å². The summed E-state index contributed by atoms with van der Waals surface area (Å²) >= 11 is 0. The number of urea groups is 1. The topological polar surface area (TPSA) is 50.2 Å². The normalized spacial score (nSPS) is 15.3. The summed E-state index contributed by atoms with van der Waals surface area (Å²) in [5.74, 6) is 0. The average molecular weight is 326 g/mol. The van der Waals surface area contributed by atoms with Gasteiger partial charge in [0.1, 0.15) is 0 Å². The highest BCUT2D eigenvalue weighted by atomic mass is 16.2. The van der Waals surface area contributed by atoms with Gasteiger partial charge in [0.2, 0.25) is 0 Å². The summed E-state index contributed by atoms with van der Waals surface area (Å²) < 4.78 is 1.94. The predicted octanol–water partition coefficient (Wildman–Crippen LogP) is 3.48. The fraction of sp³-hybridized carbons (Fsp3) is 0.474. The van der Waals surface area contributed by atoms with Crippen molar-refractivity contribution in [1.29, 1.82) is 0 Å². The number of carbonyl (C=O) groups is 1. The predicted molar refractivity (Wildman–Crippen MR) is 95.8 cm³/mol. The monoisotopic (exact) mass is 326 g/mol. The molecule has 3 rings (SSSR count). The van der Waals surface area contributed by atoms with E-state index in [1.54, 1.807) is 0 Å². The van der Waals surface area contributed by atoms with Crippen molar-refractivity contribution >= 4 is 6.03 Å². The Balaban J connectivity index is 1.63. The molecule has 1 N–H and O–H groups in total. The van der Waals surface area contributed by atoms with Gasteiger partial charge in [0.05, 0.1) is 11.2 Å². The molecule has 0 bridgehead atoms. The molecule has 5 nitrogen and oxygen atoms in total. The van der Waals surface area contributed by atoms with Crippen LogP contribution in [0.3, 0.4) is 0 Å². The SMILES string of the molecule is CC(C)(CNC(=O)N1CCCCC1)n1ccc(-c2ccccc2)n1. The summed E-state index contributed by atoms with van der Waals surface area (Å²) in [5, 5.41) is 7.76. The van der Waals surface area contributed by atoms with Gasteiger partial charge in [0, 0.05) is 31.4 Å². The minimum absolute atomic E-state index is 0.0400. The van der Waals surface area contributed by atoms with Gasteiger partial charge >= 0.3 is 6.03 Å². The van der Waals surface area contributed by atoms with E-state index < -0.39 is 0 Å². The zero-order valence-corrected chi connectivity index (χ0v) is 14.5. The Morgan fingerprint density at radius 3 is 2.54 bits per heavy atom. The molecule has 0 aliphatic carbocycles. The molecule has 0 saturated carbocycles. The van der Waals surface area contributed by atoms with Crippen molar-refractivity contribution in [1.82, 2.24) is 20.0 Å². The van der Waals surface area contributed by atoms with Crippen molar-refractivity contribution in [2.45, 2.75) is 38.6 Å². The van der Waals surface area contributed by atoms with Gasteiger partial charge in [-0.15, -0.1) is 0 Å². The number of amides is 2. The summed E-state index contributed by atoms with van der Waals surface area (Å²) in [7, 11) is 0. The Hall–Kier alpha value is -2.30. The van der Waals surface area contributed by atoms with E-state index in [0.29, 0.717) is 6.54 Å². The zero-order valence-electron chi connectivity index (χ0n) is 14.5. The summed E-state index contributed by atoms with van der Waals surface area (Å²) in [5.41, 5.74) is 1.77. The van der Waals surface area contributed by atoms with E-state index in [1.165, 1.54) is 6.42 Å². The number of piperidine rings is 1. The number of likely N-dealkylation sites (tertiary alicyclic amines) is 1. The van der Waals surface area contributed by atoms with E-state index in [2.05, 4.69) is 31.3 Å². The summed E-state index contributed by atoms with van der Waals surface area (Å²) in [6, 6.07) is 12.2. The van der Waals surface area contributed by atoms with Gasteiger partial charge in [-0.1, -0.05) is 30.3 Å². The fourth-order valence-corrected chi connectivity index (χ4v) is 3.01. The van der Waals surface area contributed by atoms with Crippen LogP contribution in [0.5, 0.6) is 0 Å². The van der Waals surface area contributed by atoms with Crippen molar-refractivity contribution < 1.29 is 4.79 Å². The second-order valence-electron chi connectivity index (χ2n) is 7.03. The van der Waals surface area contributed by atoms with Crippen LogP contribution >= 0.6 is 0 Å². The highest BCUT2D eigenvalue weighted by Crippen LogP contribution is 2.20. The lowest BCUT2D eigenvalue weighted by Gasteiger charge is -2.30. The van der Waals surface area contributed by atoms with E-state index in [4.69, 9.17) is 5.10 Å². The van der Waals surface area contributed by atoms with Gasteiger partial charge in [0.15, 0.2) is 0 Å². The summed E-state index contributed by atoms with van der Waals surface area (Å²) in [4.78, 5) is 14.2. The van der Waals surface area contributed by atoms with Crippen molar-refractivity contribution in [3.05, 3.63) is 42.6 Å². The molecule has 128 valence electrons. The number of benzene rings is 1. The first-order valence-corrected chi connectivity index (χ1v) is 8.71. The second kappa shape index (κ2) is 7.07. The van der Waals surface area contributed by atoms with Crippen LogP contribution in [0.4, 0.5) is 4.79 Å². The number of nitrogens with one attached hydrogen (secondary N) is 1. The highest BCUT2D eigenvalue weighted by Gasteiger charge is 2.24. The van der Waals surface area contributed by atoms with Gasteiger partial charge in [-0.05, 0) is 39.2 Å². The van der Waals surface area contributed by atoms with Gasteiger partial charge in [0.25, 0.3) is 0 Å². The van der Waals surface area contributed by atoms with Gasteiger partial charge in [-0.3, -0.25) is 4.68 Å². The number of rotatable bonds is 4. The van der Waals surface area contributed by atoms with Crippen LogP contribution in [-0.4, -0.2) is 40.3 Å². The lowest BCUT2D eigenvalue weighted by Crippen LogP contribution is -2.48. The molecule has 1 aromatic heterocycles. The third-order valence-electron chi connectivity index (χ3n) is 4.59. The molecular formula is C19H26N4O. The van der Waals surface area contributed by atoms with Crippen LogP contribution in [0.25, 0.3) is 11.3 Å². The van der Waals surface area contributed by atoms with Crippen LogP contribution in [0, 0.1) is 0 Å². The number of carbonyl (C=O) groups excluding carboxylic acids is 1. The standard InChI is InChI=1S/C19H26N4O/c1-19(2,15-20-18(24)22-12-7-4-8-13-22)23-14-11-17(21-23)16-9-5-3-6-10-16/h3,5-6,9-11,14H,4,7-8,12-13,15H2,1-2H3,(H,20,24). The summed E-state index contributed by atoms with van der Waals surface area (Å²) in [6.45, 7) is 6.47. The Bertz CT molecular complexity index is 672. The first-order chi connectivity index (χ1) is 11.6. The number of nitrogens with zero attached hydrogens (tertiary/aromatic N) is 3. The maximum Gasteiger partial charge on any atom is 0.317 e. The molecule has 2 heterocycles. The second-order valence-corrected chi connectivity index (χ2v) is 7.03. The fourth-order valence-electron chi connectivity index (χ4n) is 3.01. The molecule has 1 aliphatic heterocycles. The average Bonchev–Trinajstić information content (AvgIpc) is 3.12. The molecule has 2 aromatic rings. The lowest BCUT2D eigenvalue weighted by molar-refractivity contribution is 0.180. The molecule has 0 unspecified atom stereocenters. The quantitative estimate of drug-likeness (QED) is 0.935. The maximum absolute atomic E-state index is 12.3. The zero-order chi connectivity index (χ0) is 17.0. The maximum atomic E-state index is 12.3. The van der Waals surface area contributed by atoms with Crippen molar-refractivity contribution in [3.8, 4) is 11.3 Å². The van der Waals surface area contributed by atoms with Crippen LogP contribution in [0.15, 0.2) is 42.6 Å². The molecule has 2 amide bonds. The number of hydrogen-bond acceptors (Lipinski definition) is 2. The van der Waals surface area contributed by atoms with Crippen molar-refractivity contribution in [2.75, 3.05) is 19.6 Å². The molecule has 0 atom stereocenters. The number of aromatic nitrogens is 2. The van der Waals surface area contributed by atoms with Crippen LogP contribution in [-0.2, 0) is 5.54 Å². The molecule has 0 radical (unpaired) electrons. The molecule has 5 heteroatoms. The first-order valence-electron chi connectivity index (χ1n) is 8.71. The Morgan fingerprint density at radius 1 is 1.12 bits per heavy atom. The Labute approximate surface area is 143 Å². The Kier molecular flexibility index (Phi) is 4.88. The highest BCUT2D eigenvalue weighted by molar-refractivity contribution is 5.74. The van der Waals surface area contributed by atoms with Gasteiger partial charge < -0.3 is 10.2 Å². The van der Waals surface area contributed by atoms with E-state index in [9.17, 15) is 4.79 Å². The molecule has 1 aromatic carbocycles. The lowest BCUT2D eigenvalue weighted by atomic mass is 10.1. The largest absolute Gasteiger partial charge is 0.336 e. The molecule has 24 heavy (non-hydrogen) atoms. The first kappa shape index (κ1) is 16.6. The molecule has 1 aliphatic rings. The molecular weight excluding hydrogens is 300 g/mol. The van der Waals surface area contributed by atoms with Crippen LogP contribution in [0.2, 0.25) is 0 Å². The van der Waals surface area contributed by atoms with Gasteiger partial charge in [-0.2, -0.15) is 5.10 Å². The smallest absolute Gasteiger partial charge is 0.317 e. The van der Waals surface area contributed by atoms with Crippen molar-refractivity contribution in [2.24, 2.45) is 0 Å². The Morgan fingerprint density at radius 2 is 1.83 bits per heavy atom. The van der Waals surface area contributed by atoms with Crippen LogP contribution < -0.4 is 5.32 Å². The van der Waals surface area contributed by atoms with E-state index in [1.807, 2.05) is 40.0 Å². The summed E-state index contributed by atoms with van der Waals surface area (Å²) in [6.07, 6.45) is 5.42. The third-order valence-corrected chi connectivity index (χ3v) is 4.59.